The van der Waals surface area contributed by atoms with Crippen LogP contribution in [0, 0.1) is 0 Å². The standard InChI is InChI=1S/C22H23N5O2S2/c1-14(2)15-5-7-16(8-6-15)21-24-12-17(31-21)13-30-22-26-25-20(18-4-3-11-29-18)27(22)10-9-19(23)28/h3-8,11-12,14H,9-10,13H2,1-2H3,(H2,23,28). The van der Waals surface area contributed by atoms with Gasteiger partial charge in [-0.15, -0.1) is 21.5 Å². The summed E-state index contributed by atoms with van der Waals surface area (Å²) in [5, 5.41) is 10.3. The summed E-state index contributed by atoms with van der Waals surface area (Å²) in [5.74, 6) is 2.04. The molecule has 0 spiro atoms. The number of primary amides is 1. The number of thiazole rings is 1. The summed E-state index contributed by atoms with van der Waals surface area (Å²) < 4.78 is 7.34. The third-order valence-electron chi connectivity index (χ3n) is 4.76. The largest absolute Gasteiger partial charge is 0.461 e. The fraction of sp³-hybridized carbons (Fsp3) is 0.273. The number of amides is 1. The van der Waals surface area contributed by atoms with Gasteiger partial charge in [-0.05, 0) is 23.6 Å². The molecular formula is C22H23N5O2S2. The quantitative estimate of drug-likeness (QED) is 0.360. The van der Waals surface area contributed by atoms with Crippen LogP contribution in [0.3, 0.4) is 0 Å². The molecule has 0 aliphatic carbocycles. The number of nitrogens with two attached hydrogens (primary N) is 1. The maximum absolute atomic E-state index is 11.3. The van der Waals surface area contributed by atoms with Crippen LogP contribution in [0.5, 0.6) is 0 Å². The third-order valence-corrected chi connectivity index (χ3v) is 7.01. The van der Waals surface area contributed by atoms with E-state index in [2.05, 4.69) is 53.3 Å². The highest BCUT2D eigenvalue weighted by Crippen LogP contribution is 2.32. The molecule has 4 aromatic rings. The predicted octanol–water partition coefficient (Wildman–Crippen LogP) is 4.95. The van der Waals surface area contributed by atoms with Gasteiger partial charge in [0.05, 0.1) is 6.26 Å². The number of carbonyl (C=O) groups is 1. The zero-order chi connectivity index (χ0) is 21.8. The molecule has 31 heavy (non-hydrogen) atoms. The molecule has 7 nitrogen and oxygen atoms in total. The Labute approximate surface area is 188 Å². The zero-order valence-corrected chi connectivity index (χ0v) is 18.9. The maximum Gasteiger partial charge on any atom is 0.219 e. The van der Waals surface area contributed by atoms with E-state index in [-0.39, 0.29) is 12.3 Å². The van der Waals surface area contributed by atoms with Crippen molar-refractivity contribution >= 4 is 29.0 Å². The number of hydrogen-bond acceptors (Lipinski definition) is 7. The van der Waals surface area contributed by atoms with E-state index in [1.807, 2.05) is 16.8 Å². The lowest BCUT2D eigenvalue weighted by Gasteiger charge is -2.07. The number of benzene rings is 1. The Morgan fingerprint density at radius 1 is 1.23 bits per heavy atom. The van der Waals surface area contributed by atoms with Gasteiger partial charge in [0, 0.05) is 35.4 Å². The molecule has 3 aromatic heterocycles. The van der Waals surface area contributed by atoms with E-state index in [1.165, 1.54) is 5.56 Å². The van der Waals surface area contributed by atoms with Crippen molar-refractivity contribution in [2.75, 3.05) is 0 Å². The Bertz CT molecular complexity index is 1150. The Hall–Kier alpha value is -2.91. The van der Waals surface area contributed by atoms with Gasteiger partial charge in [-0.1, -0.05) is 49.9 Å². The summed E-state index contributed by atoms with van der Waals surface area (Å²) >= 11 is 3.22. The number of hydrogen-bond donors (Lipinski definition) is 1. The molecule has 0 saturated heterocycles. The summed E-state index contributed by atoms with van der Waals surface area (Å²) in [6, 6.07) is 12.2. The molecule has 1 amide bonds. The summed E-state index contributed by atoms with van der Waals surface area (Å²) in [6.45, 7) is 4.78. The summed E-state index contributed by atoms with van der Waals surface area (Å²) in [7, 11) is 0. The molecule has 0 unspecified atom stereocenters. The van der Waals surface area contributed by atoms with Gasteiger partial charge in [0.15, 0.2) is 16.7 Å². The first kappa shape index (κ1) is 21.3. The van der Waals surface area contributed by atoms with Crippen LogP contribution >= 0.6 is 23.1 Å². The SMILES string of the molecule is CC(C)c1ccc(-c2ncc(CSc3nnc(-c4ccco4)n3CCC(N)=O)s2)cc1. The number of aromatic nitrogens is 4. The summed E-state index contributed by atoms with van der Waals surface area (Å²) in [6.07, 6.45) is 3.69. The minimum absolute atomic E-state index is 0.205. The normalized spacial score (nSPS) is 11.3. The van der Waals surface area contributed by atoms with Crippen LogP contribution in [-0.2, 0) is 17.1 Å². The molecule has 160 valence electrons. The van der Waals surface area contributed by atoms with Crippen LogP contribution in [-0.4, -0.2) is 25.7 Å². The molecule has 0 bridgehead atoms. The lowest BCUT2D eigenvalue weighted by molar-refractivity contribution is -0.118. The molecule has 0 saturated carbocycles. The highest BCUT2D eigenvalue weighted by molar-refractivity contribution is 7.98. The van der Waals surface area contributed by atoms with Crippen LogP contribution in [0.2, 0.25) is 0 Å². The molecule has 0 aliphatic rings. The van der Waals surface area contributed by atoms with Gasteiger partial charge in [-0.2, -0.15) is 0 Å². The van der Waals surface area contributed by atoms with E-state index in [9.17, 15) is 4.79 Å². The summed E-state index contributed by atoms with van der Waals surface area (Å²) in [5.41, 5.74) is 7.79. The fourth-order valence-corrected chi connectivity index (χ4v) is 4.96. The van der Waals surface area contributed by atoms with Gasteiger partial charge in [0.25, 0.3) is 0 Å². The number of carbonyl (C=O) groups excluding carboxylic acids is 1. The van der Waals surface area contributed by atoms with Crippen LogP contribution in [0.4, 0.5) is 0 Å². The summed E-state index contributed by atoms with van der Waals surface area (Å²) in [4.78, 5) is 17.0. The maximum atomic E-state index is 11.3. The van der Waals surface area contributed by atoms with E-state index in [4.69, 9.17) is 10.2 Å². The molecule has 0 aliphatic heterocycles. The second-order valence-electron chi connectivity index (χ2n) is 7.35. The molecule has 0 atom stereocenters. The molecule has 0 fully saturated rings. The van der Waals surface area contributed by atoms with Gasteiger partial charge < -0.3 is 10.2 Å². The van der Waals surface area contributed by atoms with E-state index >= 15 is 0 Å². The average molecular weight is 454 g/mol. The number of rotatable bonds is 9. The lowest BCUT2D eigenvalue weighted by Crippen LogP contribution is -2.14. The molecule has 1 aromatic carbocycles. The van der Waals surface area contributed by atoms with Crippen LogP contribution in [0.1, 0.15) is 36.6 Å². The number of thioether (sulfide) groups is 1. The van der Waals surface area contributed by atoms with Crippen LogP contribution in [0.25, 0.3) is 22.2 Å². The van der Waals surface area contributed by atoms with Crippen molar-refractivity contribution in [3.8, 4) is 22.2 Å². The second-order valence-corrected chi connectivity index (χ2v) is 9.41. The van der Waals surface area contributed by atoms with Gasteiger partial charge in [0.2, 0.25) is 5.91 Å². The zero-order valence-electron chi connectivity index (χ0n) is 17.3. The molecule has 0 radical (unpaired) electrons. The van der Waals surface area contributed by atoms with Crippen molar-refractivity contribution < 1.29 is 9.21 Å². The first-order chi connectivity index (χ1) is 15.0. The van der Waals surface area contributed by atoms with Crippen LogP contribution < -0.4 is 5.73 Å². The molecule has 9 heteroatoms. The Kier molecular flexibility index (Phi) is 6.53. The smallest absolute Gasteiger partial charge is 0.219 e. The Morgan fingerprint density at radius 2 is 2.03 bits per heavy atom. The van der Waals surface area contributed by atoms with E-state index < -0.39 is 0 Å². The van der Waals surface area contributed by atoms with E-state index in [0.29, 0.717) is 35.0 Å². The van der Waals surface area contributed by atoms with Gasteiger partial charge >= 0.3 is 0 Å². The highest BCUT2D eigenvalue weighted by Gasteiger charge is 2.17. The number of nitrogens with zero attached hydrogens (tertiary/aromatic N) is 4. The van der Waals surface area contributed by atoms with Crippen molar-refractivity contribution in [3.05, 3.63) is 59.3 Å². The first-order valence-electron chi connectivity index (χ1n) is 9.94. The second kappa shape index (κ2) is 9.49. The van der Waals surface area contributed by atoms with E-state index in [1.54, 1.807) is 35.4 Å². The minimum Gasteiger partial charge on any atom is -0.461 e. The Morgan fingerprint density at radius 3 is 2.71 bits per heavy atom. The van der Waals surface area contributed by atoms with Crippen molar-refractivity contribution in [2.24, 2.45) is 5.73 Å². The molecule has 2 N–H and O–H groups in total. The third kappa shape index (κ3) is 5.05. The van der Waals surface area contributed by atoms with Gasteiger partial charge in [-0.3, -0.25) is 9.36 Å². The van der Waals surface area contributed by atoms with Crippen molar-refractivity contribution in [1.29, 1.82) is 0 Å². The van der Waals surface area contributed by atoms with Gasteiger partial charge in [-0.25, -0.2) is 4.98 Å². The first-order valence-corrected chi connectivity index (χ1v) is 11.7. The van der Waals surface area contributed by atoms with Crippen molar-refractivity contribution in [1.82, 2.24) is 19.7 Å². The highest BCUT2D eigenvalue weighted by atomic mass is 32.2. The molecule has 4 rings (SSSR count). The average Bonchev–Trinajstić information content (AvgIpc) is 3.51. The topological polar surface area (TPSA) is 99.8 Å². The van der Waals surface area contributed by atoms with Crippen molar-refractivity contribution in [3.63, 3.8) is 0 Å². The number of furan rings is 1. The van der Waals surface area contributed by atoms with Crippen molar-refractivity contribution in [2.45, 2.75) is 43.6 Å². The molecule has 3 heterocycles. The van der Waals surface area contributed by atoms with Gasteiger partial charge in [0.1, 0.15) is 5.01 Å². The van der Waals surface area contributed by atoms with Crippen LogP contribution in [0.15, 0.2) is 58.4 Å². The predicted molar refractivity (Wildman–Crippen MR) is 123 cm³/mol. The fourth-order valence-electron chi connectivity index (χ4n) is 3.06. The molecular weight excluding hydrogens is 430 g/mol. The monoisotopic (exact) mass is 453 g/mol. The Balaban J connectivity index is 1.48. The minimum atomic E-state index is -0.370. The van der Waals surface area contributed by atoms with E-state index in [0.717, 1.165) is 15.4 Å². The lowest BCUT2D eigenvalue weighted by atomic mass is 10.0.